The first-order valence-electron chi connectivity index (χ1n) is 12.4. The SMILES string of the molecule is CC(C)(C)C(=O)[O-].Oc1ccc2c3c1O[C@H]1[C@@H](O)CC[C@@]4(O)[C@@H](C2)N(CC2CCC2)CC[C@]314. The highest BCUT2D eigenvalue weighted by Gasteiger charge is 2.72. The predicted molar refractivity (Wildman–Crippen MR) is 120 cm³/mol. The van der Waals surface area contributed by atoms with Gasteiger partial charge in [-0.1, -0.05) is 33.3 Å². The zero-order valence-electron chi connectivity index (χ0n) is 19.8. The summed E-state index contributed by atoms with van der Waals surface area (Å²) in [6.45, 7) is 6.81. The van der Waals surface area contributed by atoms with Crippen molar-refractivity contribution in [1.82, 2.24) is 4.90 Å². The quantitative estimate of drug-likeness (QED) is 0.615. The van der Waals surface area contributed by atoms with Crippen LogP contribution in [0.3, 0.4) is 0 Å². The second-order valence-electron chi connectivity index (χ2n) is 11.8. The fourth-order valence-corrected chi connectivity index (χ4v) is 6.83. The van der Waals surface area contributed by atoms with E-state index >= 15 is 0 Å². The molecule has 0 radical (unpaired) electrons. The maximum absolute atomic E-state index is 12.1. The minimum atomic E-state index is -1.01. The molecule has 1 aromatic carbocycles. The first kappa shape index (κ1) is 22.9. The van der Waals surface area contributed by atoms with E-state index in [1.165, 1.54) is 24.8 Å². The number of rotatable bonds is 2. The van der Waals surface area contributed by atoms with E-state index in [2.05, 4.69) is 4.90 Å². The number of hydrogen-bond donors (Lipinski definition) is 3. The third-order valence-electron chi connectivity index (χ3n) is 8.87. The molecule has 182 valence electrons. The fourth-order valence-electron chi connectivity index (χ4n) is 6.83. The first-order chi connectivity index (χ1) is 15.5. The summed E-state index contributed by atoms with van der Waals surface area (Å²) in [5, 5.41) is 43.1. The molecule has 0 unspecified atom stereocenters. The summed E-state index contributed by atoms with van der Waals surface area (Å²) in [5.74, 6) is 0.414. The van der Waals surface area contributed by atoms with Crippen molar-refractivity contribution in [2.75, 3.05) is 13.1 Å². The maximum Gasteiger partial charge on any atom is 0.165 e. The smallest absolute Gasteiger partial charge is 0.165 e. The second kappa shape index (κ2) is 7.59. The zero-order valence-corrected chi connectivity index (χ0v) is 19.8. The Bertz CT molecular complexity index is 953. The Labute approximate surface area is 195 Å². The predicted octanol–water partition coefficient (Wildman–Crippen LogP) is 1.49. The molecule has 2 aliphatic heterocycles. The normalized spacial score (nSPS) is 36.7. The lowest BCUT2D eigenvalue weighted by molar-refractivity contribution is -0.316. The van der Waals surface area contributed by atoms with Crippen LogP contribution < -0.4 is 9.84 Å². The van der Waals surface area contributed by atoms with Crippen LogP contribution in [0, 0.1) is 11.3 Å². The van der Waals surface area contributed by atoms with E-state index in [1.54, 1.807) is 26.8 Å². The summed E-state index contributed by atoms with van der Waals surface area (Å²) in [5.41, 5.74) is 0.0172. The summed E-state index contributed by atoms with van der Waals surface area (Å²) < 4.78 is 6.16. The van der Waals surface area contributed by atoms with Gasteiger partial charge in [0.25, 0.3) is 0 Å². The molecule has 0 aromatic heterocycles. The lowest BCUT2D eigenvalue weighted by Crippen LogP contribution is -2.77. The van der Waals surface area contributed by atoms with Gasteiger partial charge in [0.2, 0.25) is 0 Å². The molecule has 33 heavy (non-hydrogen) atoms. The molecule has 3 N–H and O–H groups in total. The van der Waals surface area contributed by atoms with Gasteiger partial charge < -0.3 is 30.0 Å². The minimum absolute atomic E-state index is 0.0819. The summed E-state index contributed by atoms with van der Waals surface area (Å²) >= 11 is 0. The maximum atomic E-state index is 12.1. The molecule has 2 heterocycles. The van der Waals surface area contributed by atoms with Crippen molar-refractivity contribution in [1.29, 1.82) is 0 Å². The number of piperidine rings is 1. The summed E-state index contributed by atoms with van der Waals surface area (Å²) in [4.78, 5) is 12.4. The fraction of sp³-hybridized carbons (Fsp3) is 0.731. The van der Waals surface area contributed by atoms with Crippen LogP contribution in [0.2, 0.25) is 0 Å². The number of carbonyl (C=O) groups is 1. The van der Waals surface area contributed by atoms with Crippen LogP contribution in [0.5, 0.6) is 11.5 Å². The van der Waals surface area contributed by atoms with E-state index in [0.717, 1.165) is 37.4 Å². The molecule has 6 rings (SSSR count). The van der Waals surface area contributed by atoms with E-state index in [9.17, 15) is 25.2 Å². The number of nitrogens with zero attached hydrogens (tertiary/aromatic N) is 1. The molecule has 1 spiro atoms. The van der Waals surface area contributed by atoms with Crippen LogP contribution in [-0.4, -0.2) is 63.1 Å². The van der Waals surface area contributed by atoms with Crippen LogP contribution in [-0.2, 0) is 16.6 Å². The van der Waals surface area contributed by atoms with Crippen LogP contribution in [0.15, 0.2) is 12.1 Å². The van der Waals surface area contributed by atoms with Gasteiger partial charge in [-0.15, -0.1) is 0 Å². The third kappa shape index (κ3) is 3.22. The van der Waals surface area contributed by atoms with Gasteiger partial charge in [0, 0.05) is 29.5 Å². The minimum Gasteiger partial charge on any atom is -0.550 e. The number of ether oxygens (including phenoxy) is 1. The standard InChI is InChI=1S/C21H27NO4.C5H10O2/c23-14-5-4-13-10-16-21(25)7-6-15(24)19-20(21,17(13)18(14)26-19)8-9-22(16)11-12-2-1-3-12;1-5(2,3)4(6)7/h4-5,12,15-16,19,23-25H,1-3,6-11H2;1-3H3,(H,6,7)/p-1/t15-,16+,19-,20-,21+;/m0./s1. The number of hydrogen-bond acceptors (Lipinski definition) is 7. The Hall–Kier alpha value is -1.83. The zero-order chi connectivity index (χ0) is 23.8. The van der Waals surface area contributed by atoms with Gasteiger partial charge in [0.1, 0.15) is 6.10 Å². The van der Waals surface area contributed by atoms with Crippen molar-refractivity contribution in [3.05, 3.63) is 23.3 Å². The Balaban J connectivity index is 0.000000287. The van der Waals surface area contributed by atoms with Gasteiger partial charge in [-0.3, -0.25) is 4.90 Å². The molecule has 2 saturated carbocycles. The van der Waals surface area contributed by atoms with Gasteiger partial charge in [0.15, 0.2) is 11.5 Å². The summed E-state index contributed by atoms with van der Waals surface area (Å²) in [7, 11) is 0. The molecule has 7 heteroatoms. The van der Waals surface area contributed by atoms with Gasteiger partial charge in [0.05, 0.1) is 17.1 Å². The number of likely N-dealkylation sites (tertiary alicyclic amines) is 1. The number of aromatic hydroxyl groups is 1. The van der Waals surface area contributed by atoms with Gasteiger partial charge in [-0.25, -0.2) is 0 Å². The number of aliphatic hydroxyl groups is 2. The van der Waals surface area contributed by atoms with Crippen molar-refractivity contribution in [3.8, 4) is 11.5 Å². The van der Waals surface area contributed by atoms with Gasteiger partial charge in [-0.2, -0.15) is 0 Å². The van der Waals surface area contributed by atoms with Crippen molar-refractivity contribution in [3.63, 3.8) is 0 Å². The van der Waals surface area contributed by atoms with Crippen molar-refractivity contribution in [2.24, 2.45) is 11.3 Å². The molecule has 3 aliphatic carbocycles. The van der Waals surface area contributed by atoms with Crippen LogP contribution in [0.4, 0.5) is 0 Å². The molecule has 7 nitrogen and oxygen atoms in total. The topological polar surface area (TPSA) is 113 Å². The number of carboxylic acid groups (broad SMARTS) is 1. The van der Waals surface area contributed by atoms with Crippen LogP contribution >= 0.6 is 0 Å². The molecule has 1 saturated heterocycles. The lowest BCUT2D eigenvalue weighted by Gasteiger charge is -2.64. The van der Waals surface area contributed by atoms with Crippen LogP contribution in [0.1, 0.15) is 70.4 Å². The number of aliphatic carboxylic acids is 1. The highest BCUT2D eigenvalue weighted by Crippen LogP contribution is 2.65. The number of phenols is 1. The molecular formula is C26H36NO6-. The number of benzene rings is 1. The second-order valence-corrected chi connectivity index (χ2v) is 11.8. The highest BCUT2D eigenvalue weighted by atomic mass is 16.5. The Morgan fingerprint density at radius 3 is 2.55 bits per heavy atom. The molecule has 5 atom stereocenters. The van der Waals surface area contributed by atoms with Gasteiger partial charge >= 0.3 is 0 Å². The number of aliphatic hydroxyl groups excluding tert-OH is 1. The van der Waals surface area contributed by atoms with E-state index in [4.69, 9.17) is 4.74 Å². The Morgan fingerprint density at radius 1 is 1.24 bits per heavy atom. The largest absolute Gasteiger partial charge is 0.550 e. The number of carbonyl (C=O) groups excluding carboxylic acids is 1. The van der Waals surface area contributed by atoms with Crippen LogP contribution in [0.25, 0.3) is 0 Å². The lowest BCUT2D eigenvalue weighted by atomic mass is 9.48. The first-order valence-corrected chi connectivity index (χ1v) is 12.4. The molecule has 2 bridgehead atoms. The van der Waals surface area contributed by atoms with E-state index in [1.807, 2.05) is 6.07 Å². The number of carboxylic acids is 1. The highest BCUT2D eigenvalue weighted by molar-refractivity contribution is 5.70. The monoisotopic (exact) mass is 458 g/mol. The average Bonchev–Trinajstić information content (AvgIpc) is 3.06. The van der Waals surface area contributed by atoms with E-state index in [-0.39, 0.29) is 11.8 Å². The number of phenolic OH excluding ortho intramolecular Hbond substituents is 1. The average molecular weight is 459 g/mol. The molecule has 0 amide bonds. The van der Waals surface area contributed by atoms with Crippen molar-refractivity contribution < 1.29 is 30.0 Å². The Kier molecular flexibility index (Phi) is 5.27. The van der Waals surface area contributed by atoms with E-state index in [0.29, 0.717) is 18.6 Å². The Morgan fingerprint density at radius 2 is 1.94 bits per heavy atom. The van der Waals surface area contributed by atoms with Crippen molar-refractivity contribution >= 4 is 5.97 Å². The summed E-state index contributed by atoms with van der Waals surface area (Å²) in [6.07, 6.45) is 5.68. The van der Waals surface area contributed by atoms with E-state index < -0.39 is 34.6 Å². The molecule has 5 aliphatic rings. The molecule has 1 aromatic rings. The van der Waals surface area contributed by atoms with Gasteiger partial charge in [-0.05, 0) is 62.6 Å². The molecule has 3 fully saturated rings. The third-order valence-corrected chi connectivity index (χ3v) is 8.87. The summed E-state index contributed by atoms with van der Waals surface area (Å²) in [6, 6.07) is 3.80. The van der Waals surface area contributed by atoms with Crippen molar-refractivity contribution in [2.45, 2.75) is 95.0 Å². The molecular weight excluding hydrogens is 422 g/mol.